The first kappa shape index (κ1) is 22.3. The summed E-state index contributed by atoms with van der Waals surface area (Å²) in [5.74, 6) is 0.529. The molecule has 0 bridgehead atoms. The van der Waals surface area contributed by atoms with E-state index in [2.05, 4.69) is 15.5 Å². The fraction of sp³-hybridized carbons (Fsp3) is 0.500. The number of aliphatic hydroxyl groups is 1. The molecule has 164 valence electrons. The van der Waals surface area contributed by atoms with E-state index in [1.54, 1.807) is 6.07 Å². The van der Waals surface area contributed by atoms with E-state index in [1.807, 2.05) is 42.2 Å². The predicted molar refractivity (Wildman–Crippen MR) is 114 cm³/mol. The summed E-state index contributed by atoms with van der Waals surface area (Å²) in [5.41, 5.74) is 1.47. The molecular weight excluding hydrogens is 406 g/mol. The maximum atomic E-state index is 12.6. The molecule has 1 saturated heterocycles. The fourth-order valence-electron chi connectivity index (χ4n) is 3.34. The van der Waals surface area contributed by atoms with Gasteiger partial charge in [-0.1, -0.05) is 35.5 Å². The van der Waals surface area contributed by atoms with Crippen molar-refractivity contribution >= 4 is 16.0 Å². The molecule has 2 N–H and O–H groups in total. The normalized spacial score (nSPS) is 17.1. The molecular formula is C20H29N5O4S. The Morgan fingerprint density at radius 1 is 1.23 bits per heavy atom. The number of rotatable bonds is 8. The average molecular weight is 436 g/mol. The third-order valence-corrected chi connectivity index (χ3v) is 6.67. The van der Waals surface area contributed by atoms with Crippen LogP contribution in [-0.4, -0.2) is 79.2 Å². The zero-order valence-electron chi connectivity index (χ0n) is 17.1. The van der Waals surface area contributed by atoms with E-state index in [-0.39, 0.29) is 12.3 Å². The van der Waals surface area contributed by atoms with E-state index >= 15 is 0 Å². The Kier molecular flexibility index (Phi) is 7.83. The van der Waals surface area contributed by atoms with Crippen molar-refractivity contribution in [1.29, 1.82) is 0 Å². The smallest absolute Gasteiger partial charge is 0.220 e. The highest BCUT2D eigenvalue weighted by Gasteiger charge is 2.29. The van der Waals surface area contributed by atoms with Gasteiger partial charge < -0.3 is 19.8 Å². The van der Waals surface area contributed by atoms with Crippen LogP contribution in [-0.2, 0) is 22.2 Å². The molecule has 0 radical (unpaired) electrons. The van der Waals surface area contributed by atoms with E-state index in [4.69, 9.17) is 4.52 Å². The van der Waals surface area contributed by atoms with Gasteiger partial charge in [0.05, 0.1) is 18.3 Å². The van der Waals surface area contributed by atoms with Crippen molar-refractivity contribution in [1.82, 2.24) is 19.7 Å². The van der Waals surface area contributed by atoms with Crippen LogP contribution in [0.3, 0.4) is 0 Å². The zero-order chi connectivity index (χ0) is 21.4. The number of benzene rings is 1. The largest absolute Gasteiger partial charge is 0.391 e. The van der Waals surface area contributed by atoms with Crippen LogP contribution in [0, 0.1) is 0 Å². The van der Waals surface area contributed by atoms with E-state index < -0.39 is 16.1 Å². The van der Waals surface area contributed by atoms with Crippen LogP contribution in [0.15, 0.2) is 52.2 Å². The van der Waals surface area contributed by atoms with Crippen molar-refractivity contribution in [3.8, 4) is 0 Å². The Morgan fingerprint density at radius 2 is 1.97 bits per heavy atom. The Labute approximate surface area is 177 Å². The number of piperazine rings is 1. The van der Waals surface area contributed by atoms with Crippen molar-refractivity contribution in [2.24, 2.45) is 4.99 Å². The first-order chi connectivity index (χ1) is 14.5. The molecule has 2 aromatic rings. The van der Waals surface area contributed by atoms with Gasteiger partial charge in [-0.3, -0.25) is 4.99 Å². The second-order valence-corrected chi connectivity index (χ2v) is 9.14. The molecule has 0 amide bonds. The van der Waals surface area contributed by atoms with Gasteiger partial charge in [0.2, 0.25) is 10.0 Å². The number of guanidine groups is 1. The quantitative estimate of drug-likeness (QED) is 0.464. The number of aliphatic hydroxyl groups excluding tert-OH is 1. The average Bonchev–Trinajstić information content (AvgIpc) is 3.24. The van der Waals surface area contributed by atoms with Crippen LogP contribution < -0.4 is 5.32 Å². The molecule has 1 atom stereocenters. The van der Waals surface area contributed by atoms with E-state index in [9.17, 15) is 13.5 Å². The number of aliphatic imine (C=N–C) groups is 1. The van der Waals surface area contributed by atoms with Gasteiger partial charge in [-0.25, -0.2) is 8.42 Å². The summed E-state index contributed by atoms with van der Waals surface area (Å²) in [4.78, 5) is 6.60. The van der Waals surface area contributed by atoms with Gasteiger partial charge in [0.1, 0.15) is 12.0 Å². The van der Waals surface area contributed by atoms with E-state index in [0.29, 0.717) is 50.8 Å². The number of nitrogens with zero attached hydrogens (tertiary/aromatic N) is 4. The first-order valence-corrected chi connectivity index (χ1v) is 11.7. The summed E-state index contributed by atoms with van der Waals surface area (Å²) in [7, 11) is -3.44. The maximum absolute atomic E-state index is 12.6. The molecule has 1 aliphatic rings. The highest BCUT2D eigenvalue weighted by atomic mass is 32.2. The Balaban J connectivity index is 1.55. The minimum atomic E-state index is -3.44. The lowest BCUT2D eigenvalue weighted by Gasteiger charge is -2.35. The highest BCUT2D eigenvalue weighted by molar-refractivity contribution is 7.88. The summed E-state index contributed by atoms with van der Waals surface area (Å²) in [5, 5.41) is 17.3. The second-order valence-electron chi connectivity index (χ2n) is 7.17. The number of hydrogen-bond acceptors (Lipinski definition) is 6. The lowest BCUT2D eigenvalue weighted by molar-refractivity contribution is 0.182. The van der Waals surface area contributed by atoms with Crippen LogP contribution in [0.5, 0.6) is 0 Å². The van der Waals surface area contributed by atoms with E-state index in [0.717, 1.165) is 5.56 Å². The maximum Gasteiger partial charge on any atom is 0.220 e. The van der Waals surface area contributed by atoms with Crippen molar-refractivity contribution in [2.75, 3.05) is 39.3 Å². The van der Waals surface area contributed by atoms with Gasteiger partial charge in [0.15, 0.2) is 5.96 Å². The predicted octanol–water partition coefficient (Wildman–Crippen LogP) is 0.691. The zero-order valence-corrected chi connectivity index (χ0v) is 18.0. The topological polar surface area (TPSA) is 111 Å². The van der Waals surface area contributed by atoms with Gasteiger partial charge >= 0.3 is 0 Å². The lowest BCUT2D eigenvalue weighted by atomic mass is 10.1. The highest BCUT2D eigenvalue weighted by Crippen LogP contribution is 2.13. The Morgan fingerprint density at radius 3 is 2.60 bits per heavy atom. The third kappa shape index (κ3) is 6.28. The summed E-state index contributed by atoms with van der Waals surface area (Å²) in [6.07, 6.45) is 1.33. The van der Waals surface area contributed by atoms with Crippen LogP contribution in [0.1, 0.15) is 18.2 Å². The monoisotopic (exact) mass is 435 g/mol. The van der Waals surface area contributed by atoms with Gasteiger partial charge in [-0.05, 0) is 12.5 Å². The van der Waals surface area contributed by atoms with Gasteiger partial charge in [-0.15, -0.1) is 0 Å². The molecule has 3 rings (SSSR count). The molecule has 10 heteroatoms. The van der Waals surface area contributed by atoms with Crippen molar-refractivity contribution < 1.29 is 18.0 Å². The fourth-order valence-corrected chi connectivity index (χ4v) is 4.76. The number of sulfonamides is 1. The lowest BCUT2D eigenvalue weighted by Crippen LogP contribution is -2.54. The number of nitrogens with one attached hydrogen (secondary N) is 1. The number of hydrogen-bond donors (Lipinski definition) is 2. The summed E-state index contributed by atoms with van der Waals surface area (Å²) in [6.45, 7) is 4.75. The molecule has 1 fully saturated rings. The SMILES string of the molecule is CCNC(=NCC(O)Cc1ccccc1)N1CCN(S(=O)(=O)Cc2ccon2)CC1. The van der Waals surface area contributed by atoms with Gasteiger partial charge in [-0.2, -0.15) is 4.31 Å². The minimum absolute atomic E-state index is 0.163. The van der Waals surface area contributed by atoms with Crippen LogP contribution >= 0.6 is 0 Å². The standard InChI is InChI=1S/C20H29N5O4S/c1-2-21-20(22-15-19(26)14-17-6-4-3-5-7-17)24-9-11-25(12-10-24)30(27,28)16-18-8-13-29-23-18/h3-8,13,19,26H,2,9-12,14-16H2,1H3,(H,21,22). The van der Waals surface area contributed by atoms with Crippen LogP contribution in [0.2, 0.25) is 0 Å². The molecule has 0 spiro atoms. The van der Waals surface area contributed by atoms with Crippen LogP contribution in [0.4, 0.5) is 0 Å². The molecule has 0 aliphatic carbocycles. The summed E-state index contributed by atoms with van der Waals surface area (Å²) in [6, 6.07) is 11.4. The third-order valence-electron chi connectivity index (χ3n) is 4.85. The molecule has 2 heterocycles. The number of aromatic nitrogens is 1. The summed E-state index contributed by atoms with van der Waals surface area (Å²) < 4.78 is 31.4. The van der Waals surface area contributed by atoms with Crippen molar-refractivity contribution in [2.45, 2.75) is 25.2 Å². The molecule has 1 aromatic heterocycles. The van der Waals surface area contributed by atoms with E-state index in [1.165, 1.54) is 10.6 Å². The second kappa shape index (κ2) is 10.6. The summed E-state index contributed by atoms with van der Waals surface area (Å²) >= 11 is 0. The van der Waals surface area contributed by atoms with Crippen LogP contribution in [0.25, 0.3) is 0 Å². The molecule has 1 aliphatic heterocycles. The van der Waals surface area contributed by atoms with Gasteiger partial charge in [0.25, 0.3) is 0 Å². The Hall–Kier alpha value is -2.43. The minimum Gasteiger partial charge on any atom is -0.391 e. The first-order valence-electron chi connectivity index (χ1n) is 10.1. The van der Waals surface area contributed by atoms with Gasteiger partial charge in [0, 0.05) is 45.2 Å². The molecule has 30 heavy (non-hydrogen) atoms. The molecule has 1 unspecified atom stereocenters. The Bertz CT molecular complexity index is 895. The van der Waals surface area contributed by atoms with Crippen molar-refractivity contribution in [3.05, 3.63) is 53.9 Å². The molecule has 0 saturated carbocycles. The van der Waals surface area contributed by atoms with Crippen molar-refractivity contribution in [3.63, 3.8) is 0 Å². The molecule has 1 aromatic carbocycles. The molecule has 9 nitrogen and oxygen atoms in total.